The fourth-order valence-corrected chi connectivity index (χ4v) is 2.82. The lowest BCUT2D eigenvalue weighted by atomic mass is 10.1. The Balaban J connectivity index is 1.70. The lowest BCUT2D eigenvalue weighted by molar-refractivity contribution is 0.625. The van der Waals surface area contributed by atoms with E-state index in [1.807, 2.05) is 13.0 Å². The van der Waals surface area contributed by atoms with E-state index in [0.717, 1.165) is 29.9 Å². The van der Waals surface area contributed by atoms with E-state index in [9.17, 15) is 4.39 Å². The van der Waals surface area contributed by atoms with Gasteiger partial charge in [0.25, 0.3) is 0 Å². The maximum atomic E-state index is 13.3. The Morgan fingerprint density at radius 3 is 2.71 bits per heavy atom. The molecule has 1 saturated heterocycles. The zero-order valence-corrected chi connectivity index (χ0v) is 12.4. The molecule has 0 spiro atoms. The van der Waals surface area contributed by atoms with Crippen LogP contribution in [0.4, 0.5) is 15.8 Å². The second kappa shape index (κ2) is 6.17. The van der Waals surface area contributed by atoms with E-state index in [0.29, 0.717) is 6.54 Å². The van der Waals surface area contributed by atoms with Crippen LogP contribution in [0.2, 0.25) is 0 Å². The first-order valence-corrected chi connectivity index (χ1v) is 7.56. The van der Waals surface area contributed by atoms with Crippen LogP contribution in [0.25, 0.3) is 0 Å². The molecule has 3 heteroatoms. The number of hydrogen-bond acceptors (Lipinski definition) is 2. The number of halogens is 1. The summed E-state index contributed by atoms with van der Waals surface area (Å²) in [6.45, 7) is 4.95. The van der Waals surface area contributed by atoms with Crippen molar-refractivity contribution in [1.82, 2.24) is 0 Å². The fraction of sp³-hybridized carbons (Fsp3) is 0.333. The fourth-order valence-electron chi connectivity index (χ4n) is 2.82. The Kier molecular flexibility index (Phi) is 4.09. The van der Waals surface area contributed by atoms with Crippen LogP contribution in [-0.2, 0) is 6.54 Å². The summed E-state index contributed by atoms with van der Waals surface area (Å²) in [5, 5.41) is 3.40. The highest BCUT2D eigenvalue weighted by molar-refractivity contribution is 5.58. The van der Waals surface area contributed by atoms with E-state index < -0.39 is 0 Å². The molecule has 0 bridgehead atoms. The van der Waals surface area contributed by atoms with Gasteiger partial charge in [-0.2, -0.15) is 0 Å². The molecule has 2 aromatic carbocycles. The molecule has 0 unspecified atom stereocenters. The first kappa shape index (κ1) is 13.9. The molecule has 1 N–H and O–H groups in total. The summed E-state index contributed by atoms with van der Waals surface area (Å²) in [6.07, 6.45) is 2.56. The molecule has 1 heterocycles. The van der Waals surface area contributed by atoms with Crippen LogP contribution < -0.4 is 10.2 Å². The number of benzene rings is 2. The number of nitrogens with one attached hydrogen (secondary N) is 1. The van der Waals surface area contributed by atoms with E-state index >= 15 is 0 Å². The Bertz CT molecular complexity index is 618. The molecule has 0 saturated carbocycles. The third kappa shape index (κ3) is 3.35. The Morgan fingerprint density at radius 2 is 1.90 bits per heavy atom. The molecule has 0 aromatic heterocycles. The van der Waals surface area contributed by atoms with Gasteiger partial charge in [-0.05, 0) is 61.2 Å². The van der Waals surface area contributed by atoms with Crippen molar-refractivity contribution in [2.45, 2.75) is 26.3 Å². The maximum absolute atomic E-state index is 13.3. The highest BCUT2D eigenvalue weighted by Gasteiger charge is 2.12. The summed E-state index contributed by atoms with van der Waals surface area (Å²) >= 11 is 0. The summed E-state index contributed by atoms with van der Waals surface area (Å²) < 4.78 is 13.3. The van der Waals surface area contributed by atoms with E-state index in [-0.39, 0.29) is 5.82 Å². The second-order valence-corrected chi connectivity index (χ2v) is 5.67. The summed E-state index contributed by atoms with van der Waals surface area (Å²) in [5.74, 6) is -0.178. The Hall–Kier alpha value is -2.03. The minimum Gasteiger partial charge on any atom is -0.381 e. The Morgan fingerprint density at radius 1 is 1.10 bits per heavy atom. The first-order chi connectivity index (χ1) is 10.2. The van der Waals surface area contributed by atoms with E-state index in [2.05, 4.69) is 34.5 Å². The van der Waals surface area contributed by atoms with Gasteiger partial charge in [0, 0.05) is 31.0 Å². The van der Waals surface area contributed by atoms with Crippen molar-refractivity contribution in [3.63, 3.8) is 0 Å². The monoisotopic (exact) mass is 284 g/mol. The molecule has 1 aliphatic rings. The van der Waals surface area contributed by atoms with Crippen molar-refractivity contribution in [2.24, 2.45) is 0 Å². The van der Waals surface area contributed by atoms with Gasteiger partial charge in [0.05, 0.1) is 0 Å². The number of aryl methyl sites for hydroxylation is 1. The molecule has 21 heavy (non-hydrogen) atoms. The molecule has 0 amide bonds. The van der Waals surface area contributed by atoms with Crippen LogP contribution in [0, 0.1) is 12.7 Å². The van der Waals surface area contributed by atoms with Gasteiger partial charge >= 0.3 is 0 Å². The van der Waals surface area contributed by atoms with Crippen LogP contribution in [0.3, 0.4) is 0 Å². The van der Waals surface area contributed by atoms with Gasteiger partial charge in [-0.3, -0.25) is 0 Å². The lowest BCUT2D eigenvalue weighted by Crippen LogP contribution is -2.17. The number of nitrogens with zero attached hydrogens (tertiary/aromatic N) is 1. The van der Waals surface area contributed by atoms with Crippen molar-refractivity contribution in [3.05, 3.63) is 59.4 Å². The van der Waals surface area contributed by atoms with E-state index in [1.54, 1.807) is 6.07 Å². The highest BCUT2D eigenvalue weighted by atomic mass is 19.1. The normalized spacial score (nSPS) is 14.5. The molecule has 1 fully saturated rings. The van der Waals surface area contributed by atoms with Gasteiger partial charge in [-0.15, -0.1) is 0 Å². The predicted octanol–water partition coefficient (Wildman–Crippen LogP) is 4.35. The molecule has 110 valence electrons. The minimum absolute atomic E-state index is 0.178. The molecular weight excluding hydrogens is 263 g/mol. The van der Waals surface area contributed by atoms with Crippen molar-refractivity contribution in [3.8, 4) is 0 Å². The van der Waals surface area contributed by atoms with Crippen LogP contribution in [0.1, 0.15) is 24.0 Å². The molecule has 3 rings (SSSR count). The van der Waals surface area contributed by atoms with Crippen molar-refractivity contribution < 1.29 is 4.39 Å². The molecule has 0 radical (unpaired) electrons. The SMILES string of the molecule is Cc1ccc(F)cc1CNc1cccc(N2CCCC2)c1. The van der Waals surface area contributed by atoms with Crippen molar-refractivity contribution in [2.75, 3.05) is 23.3 Å². The largest absolute Gasteiger partial charge is 0.381 e. The van der Waals surface area contributed by atoms with Crippen molar-refractivity contribution in [1.29, 1.82) is 0 Å². The van der Waals surface area contributed by atoms with Crippen LogP contribution in [-0.4, -0.2) is 13.1 Å². The predicted molar refractivity (Wildman–Crippen MR) is 86.4 cm³/mol. The van der Waals surface area contributed by atoms with E-state index in [1.165, 1.54) is 24.6 Å². The second-order valence-electron chi connectivity index (χ2n) is 5.67. The van der Waals surface area contributed by atoms with Gasteiger partial charge in [0.2, 0.25) is 0 Å². The summed E-state index contributed by atoms with van der Waals surface area (Å²) in [4.78, 5) is 2.42. The first-order valence-electron chi connectivity index (χ1n) is 7.56. The van der Waals surface area contributed by atoms with Gasteiger partial charge < -0.3 is 10.2 Å². The zero-order valence-electron chi connectivity index (χ0n) is 12.4. The number of hydrogen-bond donors (Lipinski definition) is 1. The maximum Gasteiger partial charge on any atom is 0.123 e. The lowest BCUT2D eigenvalue weighted by Gasteiger charge is -2.19. The third-order valence-corrected chi connectivity index (χ3v) is 4.11. The Labute approximate surface area is 125 Å². The van der Waals surface area contributed by atoms with E-state index in [4.69, 9.17) is 0 Å². The van der Waals surface area contributed by atoms with Gasteiger partial charge in [-0.1, -0.05) is 12.1 Å². The summed E-state index contributed by atoms with van der Waals surface area (Å²) in [6, 6.07) is 13.4. The van der Waals surface area contributed by atoms with Crippen LogP contribution >= 0.6 is 0 Å². The minimum atomic E-state index is -0.178. The quantitative estimate of drug-likeness (QED) is 0.898. The zero-order chi connectivity index (χ0) is 14.7. The average molecular weight is 284 g/mol. The average Bonchev–Trinajstić information content (AvgIpc) is 3.03. The highest BCUT2D eigenvalue weighted by Crippen LogP contribution is 2.24. The standard InChI is InChI=1S/C18H21FN2/c1-14-7-8-16(19)11-15(14)13-20-17-5-4-6-18(12-17)21-9-2-3-10-21/h4-8,11-12,20H,2-3,9-10,13H2,1H3. The molecule has 2 nitrogen and oxygen atoms in total. The molecular formula is C18H21FN2. The number of rotatable bonds is 4. The topological polar surface area (TPSA) is 15.3 Å². The van der Waals surface area contributed by atoms with Gasteiger partial charge in [0.15, 0.2) is 0 Å². The van der Waals surface area contributed by atoms with Gasteiger partial charge in [0.1, 0.15) is 5.82 Å². The molecule has 0 atom stereocenters. The summed E-state index contributed by atoms with van der Waals surface area (Å²) in [7, 11) is 0. The smallest absolute Gasteiger partial charge is 0.123 e. The van der Waals surface area contributed by atoms with Crippen LogP contribution in [0.5, 0.6) is 0 Å². The third-order valence-electron chi connectivity index (χ3n) is 4.11. The van der Waals surface area contributed by atoms with Gasteiger partial charge in [-0.25, -0.2) is 4.39 Å². The number of anilines is 2. The summed E-state index contributed by atoms with van der Waals surface area (Å²) in [5.41, 5.74) is 4.47. The molecule has 2 aromatic rings. The van der Waals surface area contributed by atoms with Crippen LogP contribution in [0.15, 0.2) is 42.5 Å². The molecule has 0 aliphatic carbocycles. The molecule has 1 aliphatic heterocycles. The van der Waals surface area contributed by atoms with Crippen molar-refractivity contribution >= 4 is 11.4 Å².